The van der Waals surface area contributed by atoms with Crippen LogP contribution in [0, 0.1) is 15.4 Å². The lowest BCUT2D eigenvalue weighted by molar-refractivity contribution is 0.231. The van der Waals surface area contributed by atoms with Gasteiger partial charge in [-0.05, 0) is 36.4 Å². The molecule has 3 rings (SSSR count). The molecule has 4 heteroatoms. The maximum Gasteiger partial charge on any atom is 0.0623 e. The molecule has 0 N–H and O–H groups in total. The molecule has 0 spiro atoms. The number of nitrogens with zero attached hydrogens (tertiary/aromatic N) is 3. The Morgan fingerprint density at radius 2 is 2.07 bits per heavy atom. The number of aromatic nitrogens is 2. The lowest BCUT2D eigenvalue weighted by atomic mass is 10.3. The van der Waals surface area contributed by atoms with Crippen LogP contribution in [0.25, 0.3) is 0 Å². The number of fused-ring (bicyclic) bond motifs is 1. The lowest BCUT2D eigenvalue weighted by Crippen LogP contribution is -2.31. The minimum atomic E-state index is 0.698. The highest BCUT2D eigenvalue weighted by molar-refractivity contribution is 14.1. The number of rotatable bonds is 2. The van der Waals surface area contributed by atoms with Gasteiger partial charge in [-0.25, -0.2) is 0 Å². The van der Waals surface area contributed by atoms with Gasteiger partial charge in [0.15, 0.2) is 0 Å². The molecule has 82 valence electrons. The first-order valence-electron chi connectivity index (χ1n) is 5.60. The smallest absolute Gasteiger partial charge is 0.0623 e. The Bertz CT molecular complexity index is 362. The summed E-state index contributed by atoms with van der Waals surface area (Å²) in [6.07, 6.45) is 4.12. The Kier molecular flexibility index (Phi) is 2.32. The maximum atomic E-state index is 4.42. The molecule has 0 amide bonds. The minimum Gasteiger partial charge on any atom is -0.300 e. The van der Waals surface area contributed by atoms with Gasteiger partial charge in [0.1, 0.15) is 0 Å². The first-order valence-corrected chi connectivity index (χ1v) is 6.68. The second-order valence-electron chi connectivity index (χ2n) is 5.00. The van der Waals surface area contributed by atoms with Crippen LogP contribution in [0.5, 0.6) is 0 Å². The molecule has 3 nitrogen and oxygen atoms in total. The maximum absolute atomic E-state index is 4.42. The van der Waals surface area contributed by atoms with Gasteiger partial charge in [-0.1, -0.05) is 0 Å². The molecule has 15 heavy (non-hydrogen) atoms. The van der Waals surface area contributed by atoms with Gasteiger partial charge in [0.25, 0.3) is 0 Å². The second kappa shape index (κ2) is 3.45. The van der Waals surface area contributed by atoms with E-state index in [2.05, 4.69) is 57.3 Å². The van der Waals surface area contributed by atoms with Crippen molar-refractivity contribution < 1.29 is 0 Å². The van der Waals surface area contributed by atoms with Gasteiger partial charge in [-0.15, -0.1) is 0 Å². The molecule has 2 fully saturated rings. The SMILES string of the molecule is CC(C)N1CC2C(C1)C2n1cc(I)cn1. The molecule has 0 radical (unpaired) electrons. The van der Waals surface area contributed by atoms with E-state index in [4.69, 9.17) is 0 Å². The fourth-order valence-electron chi connectivity index (χ4n) is 2.82. The van der Waals surface area contributed by atoms with Crippen LogP contribution in [0.4, 0.5) is 0 Å². The molecule has 1 saturated carbocycles. The normalized spacial score (nSPS) is 34.8. The van der Waals surface area contributed by atoms with E-state index in [0.29, 0.717) is 12.1 Å². The largest absolute Gasteiger partial charge is 0.300 e. The van der Waals surface area contributed by atoms with Crippen molar-refractivity contribution in [3.63, 3.8) is 0 Å². The Morgan fingerprint density at radius 3 is 2.53 bits per heavy atom. The van der Waals surface area contributed by atoms with Crippen LogP contribution in [0.1, 0.15) is 19.9 Å². The van der Waals surface area contributed by atoms with Crippen molar-refractivity contribution in [2.45, 2.75) is 25.9 Å². The summed E-state index contributed by atoms with van der Waals surface area (Å²) in [7, 11) is 0. The van der Waals surface area contributed by atoms with E-state index >= 15 is 0 Å². The molecule has 0 aromatic carbocycles. The zero-order valence-electron chi connectivity index (χ0n) is 9.10. The van der Waals surface area contributed by atoms with Crippen molar-refractivity contribution in [2.24, 2.45) is 11.8 Å². The van der Waals surface area contributed by atoms with Gasteiger partial charge in [0.2, 0.25) is 0 Å². The number of hydrogen-bond donors (Lipinski definition) is 0. The highest BCUT2D eigenvalue weighted by Gasteiger charge is 2.57. The zero-order chi connectivity index (χ0) is 10.6. The van der Waals surface area contributed by atoms with E-state index in [1.54, 1.807) is 0 Å². The van der Waals surface area contributed by atoms with Crippen LogP contribution in [0.3, 0.4) is 0 Å². The second-order valence-corrected chi connectivity index (χ2v) is 6.25. The minimum absolute atomic E-state index is 0.698. The predicted molar refractivity (Wildman–Crippen MR) is 67.7 cm³/mol. The van der Waals surface area contributed by atoms with Gasteiger partial charge >= 0.3 is 0 Å². The van der Waals surface area contributed by atoms with Gasteiger partial charge < -0.3 is 4.90 Å². The third kappa shape index (κ3) is 1.62. The van der Waals surface area contributed by atoms with Crippen molar-refractivity contribution in [1.82, 2.24) is 14.7 Å². The van der Waals surface area contributed by atoms with E-state index in [1.807, 2.05) is 6.20 Å². The number of likely N-dealkylation sites (tertiary alicyclic amines) is 1. The molecule has 0 bridgehead atoms. The summed E-state index contributed by atoms with van der Waals surface area (Å²) in [5, 5.41) is 4.42. The summed E-state index contributed by atoms with van der Waals surface area (Å²) in [5.74, 6) is 1.73. The highest BCUT2D eigenvalue weighted by atomic mass is 127. The fourth-order valence-corrected chi connectivity index (χ4v) is 3.23. The van der Waals surface area contributed by atoms with E-state index in [0.717, 1.165) is 11.8 Å². The summed E-state index contributed by atoms with van der Waals surface area (Å²) in [6.45, 7) is 7.11. The van der Waals surface area contributed by atoms with Gasteiger partial charge in [-0.2, -0.15) is 5.10 Å². The quantitative estimate of drug-likeness (QED) is 0.778. The molecule has 2 atom stereocenters. The Morgan fingerprint density at radius 1 is 1.40 bits per heavy atom. The Labute approximate surface area is 104 Å². The molecule has 1 aliphatic carbocycles. The zero-order valence-corrected chi connectivity index (χ0v) is 11.3. The van der Waals surface area contributed by atoms with Crippen LogP contribution in [-0.4, -0.2) is 33.8 Å². The molecule has 2 heterocycles. The standard InChI is InChI=1S/C11H16IN3/c1-7(2)14-5-9-10(6-14)11(9)15-4-8(12)3-13-15/h3-4,7,9-11H,5-6H2,1-2H3. The molecule has 1 aromatic rings. The Hall–Kier alpha value is -0.100. The van der Waals surface area contributed by atoms with Gasteiger partial charge in [0.05, 0.1) is 15.8 Å². The highest BCUT2D eigenvalue weighted by Crippen LogP contribution is 2.55. The molecule has 2 aliphatic rings. The lowest BCUT2D eigenvalue weighted by Gasteiger charge is -2.23. The molecule has 1 aromatic heterocycles. The van der Waals surface area contributed by atoms with E-state index in [-0.39, 0.29) is 0 Å². The fraction of sp³-hybridized carbons (Fsp3) is 0.727. The average molecular weight is 317 g/mol. The monoisotopic (exact) mass is 317 g/mol. The topological polar surface area (TPSA) is 21.1 Å². The summed E-state index contributed by atoms with van der Waals surface area (Å²) < 4.78 is 3.42. The first kappa shape index (κ1) is 10.1. The van der Waals surface area contributed by atoms with Crippen LogP contribution < -0.4 is 0 Å². The molecular weight excluding hydrogens is 301 g/mol. The van der Waals surface area contributed by atoms with Crippen molar-refractivity contribution >= 4 is 22.6 Å². The summed E-state index contributed by atoms with van der Waals surface area (Å²) >= 11 is 2.33. The van der Waals surface area contributed by atoms with Gasteiger partial charge in [0, 0.05) is 37.2 Å². The van der Waals surface area contributed by atoms with Crippen molar-refractivity contribution in [3.8, 4) is 0 Å². The summed E-state index contributed by atoms with van der Waals surface area (Å²) in [6, 6.07) is 1.40. The van der Waals surface area contributed by atoms with Crippen LogP contribution in [0.15, 0.2) is 12.4 Å². The predicted octanol–water partition coefficient (Wildman–Crippen LogP) is 2.00. The first-order chi connectivity index (χ1) is 7.16. The summed E-state index contributed by atoms with van der Waals surface area (Å²) in [5.41, 5.74) is 0. The Balaban J connectivity index is 1.68. The van der Waals surface area contributed by atoms with Gasteiger partial charge in [-0.3, -0.25) is 4.68 Å². The molecule has 1 saturated heterocycles. The van der Waals surface area contributed by atoms with E-state index < -0.39 is 0 Å². The van der Waals surface area contributed by atoms with Crippen LogP contribution >= 0.6 is 22.6 Å². The van der Waals surface area contributed by atoms with Crippen LogP contribution in [0.2, 0.25) is 0 Å². The van der Waals surface area contributed by atoms with E-state index in [9.17, 15) is 0 Å². The summed E-state index contributed by atoms with van der Waals surface area (Å²) in [4.78, 5) is 2.58. The number of piperidine rings is 1. The van der Waals surface area contributed by atoms with Crippen molar-refractivity contribution in [2.75, 3.05) is 13.1 Å². The van der Waals surface area contributed by atoms with Crippen LogP contribution in [-0.2, 0) is 0 Å². The van der Waals surface area contributed by atoms with E-state index in [1.165, 1.54) is 16.7 Å². The third-order valence-corrected chi connectivity index (χ3v) is 4.34. The molecular formula is C11H16IN3. The number of hydrogen-bond acceptors (Lipinski definition) is 2. The molecule has 1 aliphatic heterocycles. The average Bonchev–Trinajstić information content (AvgIpc) is 2.62. The van der Waals surface area contributed by atoms with Crippen molar-refractivity contribution in [3.05, 3.63) is 16.0 Å². The number of halogens is 1. The third-order valence-electron chi connectivity index (χ3n) is 3.78. The van der Waals surface area contributed by atoms with Crippen molar-refractivity contribution in [1.29, 1.82) is 0 Å². The molecule has 2 unspecified atom stereocenters.